The summed E-state index contributed by atoms with van der Waals surface area (Å²) in [5.41, 5.74) is 3.91. The van der Waals surface area contributed by atoms with Crippen LogP contribution in [0.4, 0.5) is 5.69 Å². The van der Waals surface area contributed by atoms with Crippen LogP contribution in [-0.4, -0.2) is 14.7 Å². The predicted molar refractivity (Wildman–Crippen MR) is 83.4 cm³/mol. The van der Waals surface area contributed by atoms with Crippen molar-refractivity contribution in [2.45, 2.75) is 20.4 Å². The normalized spacial score (nSPS) is 11.3. The van der Waals surface area contributed by atoms with Gasteiger partial charge in [0.2, 0.25) is 10.0 Å². The lowest BCUT2D eigenvalue weighted by Gasteiger charge is -2.23. The molecule has 20 heavy (non-hydrogen) atoms. The Kier molecular flexibility index (Phi) is 4.14. The van der Waals surface area contributed by atoms with E-state index in [1.165, 1.54) is 10.6 Å². The van der Waals surface area contributed by atoms with Gasteiger partial charge in [-0.2, -0.15) is 0 Å². The summed E-state index contributed by atoms with van der Waals surface area (Å²) in [7, 11) is -3.31. The van der Waals surface area contributed by atoms with Gasteiger partial charge in [-0.1, -0.05) is 42.0 Å². The maximum Gasteiger partial charge on any atom is 0.232 e. The molecule has 0 N–H and O–H groups in total. The lowest BCUT2D eigenvalue weighted by molar-refractivity contribution is 0.596. The van der Waals surface area contributed by atoms with Crippen LogP contribution < -0.4 is 4.31 Å². The van der Waals surface area contributed by atoms with Crippen LogP contribution >= 0.6 is 0 Å². The molecule has 0 heterocycles. The second-order valence-electron chi connectivity index (χ2n) is 5.03. The van der Waals surface area contributed by atoms with Gasteiger partial charge in [0.1, 0.15) is 0 Å². The minimum atomic E-state index is -3.31. The average molecular weight is 289 g/mol. The van der Waals surface area contributed by atoms with E-state index in [0.29, 0.717) is 12.2 Å². The maximum absolute atomic E-state index is 12.1. The number of sulfonamides is 1. The van der Waals surface area contributed by atoms with Crippen molar-refractivity contribution >= 4 is 15.7 Å². The number of aryl methyl sites for hydroxylation is 2. The average Bonchev–Trinajstić information content (AvgIpc) is 2.38. The molecule has 4 heteroatoms. The molecule has 0 aliphatic heterocycles. The lowest BCUT2D eigenvalue weighted by atomic mass is 10.1. The fraction of sp³-hybridized carbons (Fsp3) is 0.250. The number of nitrogens with zero attached hydrogens (tertiary/aromatic N) is 1. The van der Waals surface area contributed by atoms with Crippen molar-refractivity contribution in [1.82, 2.24) is 0 Å². The molecular formula is C16H19NO2S. The van der Waals surface area contributed by atoms with E-state index in [4.69, 9.17) is 0 Å². The topological polar surface area (TPSA) is 37.4 Å². The molecule has 0 saturated carbocycles. The first-order chi connectivity index (χ1) is 9.38. The standard InChI is InChI=1S/C16H19NO2S/c1-13-8-10-16(11-9-13)17(20(3,18)19)12-15-7-5-4-6-14(15)2/h4-11H,12H2,1-3H3. The van der Waals surface area contributed by atoms with Gasteiger partial charge in [-0.05, 0) is 37.1 Å². The number of rotatable bonds is 4. The van der Waals surface area contributed by atoms with E-state index in [2.05, 4.69) is 0 Å². The van der Waals surface area contributed by atoms with Gasteiger partial charge in [-0.3, -0.25) is 4.31 Å². The number of anilines is 1. The number of benzene rings is 2. The third kappa shape index (κ3) is 3.39. The van der Waals surface area contributed by atoms with Crippen LogP contribution in [0.25, 0.3) is 0 Å². The summed E-state index contributed by atoms with van der Waals surface area (Å²) in [4.78, 5) is 0. The van der Waals surface area contributed by atoms with E-state index in [0.717, 1.165) is 16.7 Å². The van der Waals surface area contributed by atoms with Crippen LogP contribution in [-0.2, 0) is 16.6 Å². The lowest BCUT2D eigenvalue weighted by Crippen LogP contribution is -2.29. The Morgan fingerprint density at radius 2 is 1.55 bits per heavy atom. The molecule has 0 atom stereocenters. The Labute approximate surface area is 120 Å². The highest BCUT2D eigenvalue weighted by Crippen LogP contribution is 2.22. The second kappa shape index (κ2) is 5.67. The van der Waals surface area contributed by atoms with Crippen LogP contribution in [0.5, 0.6) is 0 Å². The third-order valence-electron chi connectivity index (χ3n) is 3.30. The summed E-state index contributed by atoms with van der Waals surface area (Å²) in [5.74, 6) is 0. The summed E-state index contributed by atoms with van der Waals surface area (Å²) >= 11 is 0. The second-order valence-corrected chi connectivity index (χ2v) is 6.94. The van der Waals surface area contributed by atoms with Crippen LogP contribution in [0.3, 0.4) is 0 Å². The molecule has 106 valence electrons. The van der Waals surface area contributed by atoms with E-state index in [1.54, 1.807) is 0 Å². The molecule has 0 saturated heterocycles. The molecule has 0 aliphatic carbocycles. The van der Waals surface area contributed by atoms with Crippen molar-refractivity contribution < 1.29 is 8.42 Å². The Bertz CT molecular complexity index is 691. The molecule has 0 unspecified atom stereocenters. The molecule has 0 fully saturated rings. The summed E-state index contributed by atoms with van der Waals surface area (Å²) < 4.78 is 25.6. The Balaban J connectivity index is 2.40. The minimum Gasteiger partial charge on any atom is -0.266 e. The molecule has 0 amide bonds. The van der Waals surface area contributed by atoms with Gasteiger partial charge < -0.3 is 0 Å². The van der Waals surface area contributed by atoms with Gasteiger partial charge in [-0.25, -0.2) is 8.42 Å². The molecule has 0 aromatic heterocycles. The summed E-state index contributed by atoms with van der Waals surface area (Å²) in [6.07, 6.45) is 1.24. The Morgan fingerprint density at radius 1 is 0.950 bits per heavy atom. The number of hydrogen-bond donors (Lipinski definition) is 0. The smallest absolute Gasteiger partial charge is 0.232 e. The minimum absolute atomic E-state index is 0.356. The molecule has 0 aliphatic rings. The first kappa shape index (κ1) is 14.6. The fourth-order valence-electron chi connectivity index (χ4n) is 2.05. The number of hydrogen-bond acceptors (Lipinski definition) is 2. The zero-order valence-electron chi connectivity index (χ0n) is 12.0. The summed E-state index contributed by atoms with van der Waals surface area (Å²) in [6.45, 7) is 4.33. The molecule has 3 nitrogen and oxygen atoms in total. The zero-order chi connectivity index (χ0) is 14.8. The van der Waals surface area contributed by atoms with Gasteiger partial charge in [0, 0.05) is 0 Å². The van der Waals surface area contributed by atoms with E-state index >= 15 is 0 Å². The van der Waals surface area contributed by atoms with Crippen molar-refractivity contribution in [3.63, 3.8) is 0 Å². The highest BCUT2D eigenvalue weighted by atomic mass is 32.2. The predicted octanol–water partition coefficient (Wildman–Crippen LogP) is 3.27. The van der Waals surface area contributed by atoms with Gasteiger partial charge >= 0.3 is 0 Å². The van der Waals surface area contributed by atoms with E-state index < -0.39 is 10.0 Å². The highest BCUT2D eigenvalue weighted by molar-refractivity contribution is 7.92. The van der Waals surface area contributed by atoms with Crippen LogP contribution in [0.1, 0.15) is 16.7 Å². The summed E-state index contributed by atoms with van der Waals surface area (Å²) in [5, 5.41) is 0. The molecule has 2 aromatic carbocycles. The van der Waals surface area contributed by atoms with Gasteiger partial charge in [0.25, 0.3) is 0 Å². The quantitative estimate of drug-likeness (QED) is 0.866. The van der Waals surface area contributed by atoms with Crippen molar-refractivity contribution in [2.75, 3.05) is 10.6 Å². The largest absolute Gasteiger partial charge is 0.266 e. The van der Waals surface area contributed by atoms with Gasteiger partial charge in [0.05, 0.1) is 18.5 Å². The van der Waals surface area contributed by atoms with Crippen molar-refractivity contribution in [2.24, 2.45) is 0 Å². The third-order valence-corrected chi connectivity index (χ3v) is 4.44. The first-order valence-corrected chi connectivity index (χ1v) is 8.31. The van der Waals surface area contributed by atoms with Gasteiger partial charge in [-0.15, -0.1) is 0 Å². The zero-order valence-corrected chi connectivity index (χ0v) is 12.8. The SMILES string of the molecule is Cc1ccc(N(Cc2ccccc2C)S(C)(=O)=O)cc1. The van der Waals surface area contributed by atoms with E-state index in [1.807, 2.05) is 62.4 Å². The summed E-state index contributed by atoms with van der Waals surface area (Å²) in [6, 6.07) is 15.4. The van der Waals surface area contributed by atoms with Crippen molar-refractivity contribution in [3.05, 3.63) is 65.2 Å². The molecular weight excluding hydrogens is 270 g/mol. The van der Waals surface area contributed by atoms with E-state index in [-0.39, 0.29) is 0 Å². The van der Waals surface area contributed by atoms with Gasteiger partial charge in [0.15, 0.2) is 0 Å². The van der Waals surface area contributed by atoms with Crippen LogP contribution in [0.2, 0.25) is 0 Å². The van der Waals surface area contributed by atoms with Crippen molar-refractivity contribution in [3.8, 4) is 0 Å². The molecule has 2 rings (SSSR count). The van der Waals surface area contributed by atoms with Crippen LogP contribution in [0, 0.1) is 13.8 Å². The molecule has 2 aromatic rings. The molecule has 0 spiro atoms. The Morgan fingerprint density at radius 3 is 2.10 bits per heavy atom. The van der Waals surface area contributed by atoms with E-state index in [9.17, 15) is 8.42 Å². The highest BCUT2D eigenvalue weighted by Gasteiger charge is 2.18. The first-order valence-electron chi connectivity index (χ1n) is 6.47. The molecule has 0 bridgehead atoms. The fourth-order valence-corrected chi connectivity index (χ4v) is 2.93. The van der Waals surface area contributed by atoms with Crippen LogP contribution in [0.15, 0.2) is 48.5 Å². The van der Waals surface area contributed by atoms with Crippen molar-refractivity contribution in [1.29, 1.82) is 0 Å². The monoisotopic (exact) mass is 289 g/mol. The maximum atomic E-state index is 12.1. The Hall–Kier alpha value is -1.81. The molecule has 0 radical (unpaired) electrons.